The number of rotatable bonds is 4. The Hall–Kier alpha value is -1.35. The van der Waals surface area contributed by atoms with E-state index in [0.717, 1.165) is 18.7 Å². The number of amides is 1. The molecule has 0 saturated carbocycles. The van der Waals surface area contributed by atoms with Gasteiger partial charge in [-0.25, -0.2) is 0 Å². The summed E-state index contributed by atoms with van der Waals surface area (Å²) in [4.78, 5) is 14.3. The van der Waals surface area contributed by atoms with Gasteiger partial charge < -0.3 is 5.32 Å². The normalized spacial score (nSPS) is 20.6. The number of nitrogens with zero attached hydrogens (tertiary/aromatic N) is 1. The van der Waals surface area contributed by atoms with E-state index in [9.17, 15) is 4.79 Å². The van der Waals surface area contributed by atoms with E-state index in [4.69, 9.17) is 0 Å². The van der Waals surface area contributed by atoms with Gasteiger partial charge in [-0.05, 0) is 37.9 Å². The highest BCUT2D eigenvalue weighted by atomic mass is 16.2. The van der Waals surface area contributed by atoms with Crippen LogP contribution in [0.2, 0.25) is 0 Å². The monoisotopic (exact) mass is 246 g/mol. The predicted octanol–water partition coefficient (Wildman–Crippen LogP) is 2.89. The van der Waals surface area contributed by atoms with Gasteiger partial charge in [0.05, 0.1) is 6.54 Å². The Labute approximate surface area is 109 Å². The number of nitrogens with one attached hydrogen (secondary N) is 1. The first-order valence-corrected chi connectivity index (χ1v) is 6.88. The van der Waals surface area contributed by atoms with E-state index in [0.29, 0.717) is 12.6 Å². The maximum absolute atomic E-state index is 12.0. The molecule has 0 bridgehead atoms. The molecule has 1 fully saturated rings. The molecule has 1 saturated heterocycles. The molecule has 1 atom stereocenters. The first-order chi connectivity index (χ1) is 8.79. The van der Waals surface area contributed by atoms with E-state index in [-0.39, 0.29) is 5.91 Å². The fourth-order valence-corrected chi connectivity index (χ4v) is 2.64. The van der Waals surface area contributed by atoms with E-state index in [1.54, 1.807) is 0 Å². The summed E-state index contributed by atoms with van der Waals surface area (Å²) in [7, 11) is 0. The third-order valence-electron chi connectivity index (χ3n) is 3.62. The van der Waals surface area contributed by atoms with Gasteiger partial charge in [-0.1, -0.05) is 31.5 Å². The number of hydrogen-bond acceptors (Lipinski definition) is 2. The van der Waals surface area contributed by atoms with Crippen molar-refractivity contribution in [2.75, 3.05) is 18.4 Å². The lowest BCUT2D eigenvalue weighted by atomic mass is 10.0. The minimum Gasteiger partial charge on any atom is -0.325 e. The third-order valence-corrected chi connectivity index (χ3v) is 3.62. The van der Waals surface area contributed by atoms with Crippen LogP contribution in [0.4, 0.5) is 5.69 Å². The molecule has 98 valence electrons. The van der Waals surface area contributed by atoms with Crippen molar-refractivity contribution in [3.8, 4) is 0 Å². The van der Waals surface area contributed by atoms with Gasteiger partial charge in [0.2, 0.25) is 5.91 Å². The SMILES string of the molecule is CCC1CCCCN1CC(=O)Nc1ccccc1. The summed E-state index contributed by atoms with van der Waals surface area (Å²) in [5, 5.41) is 2.95. The van der Waals surface area contributed by atoms with Crippen molar-refractivity contribution in [3.05, 3.63) is 30.3 Å². The highest BCUT2D eigenvalue weighted by Gasteiger charge is 2.22. The Morgan fingerprint density at radius 1 is 1.33 bits per heavy atom. The van der Waals surface area contributed by atoms with E-state index in [1.165, 1.54) is 19.3 Å². The van der Waals surface area contributed by atoms with Gasteiger partial charge in [-0.2, -0.15) is 0 Å². The summed E-state index contributed by atoms with van der Waals surface area (Å²) < 4.78 is 0. The van der Waals surface area contributed by atoms with Crippen molar-refractivity contribution < 1.29 is 4.79 Å². The Bertz CT molecular complexity index is 377. The van der Waals surface area contributed by atoms with Crippen molar-refractivity contribution in [2.24, 2.45) is 0 Å². The molecule has 0 spiro atoms. The van der Waals surface area contributed by atoms with Crippen molar-refractivity contribution >= 4 is 11.6 Å². The Morgan fingerprint density at radius 3 is 2.83 bits per heavy atom. The van der Waals surface area contributed by atoms with Crippen LogP contribution in [0, 0.1) is 0 Å². The summed E-state index contributed by atoms with van der Waals surface area (Å²) >= 11 is 0. The minimum absolute atomic E-state index is 0.0987. The molecule has 1 unspecified atom stereocenters. The smallest absolute Gasteiger partial charge is 0.238 e. The molecule has 1 N–H and O–H groups in total. The number of carbonyl (C=O) groups is 1. The molecular formula is C15H22N2O. The second-order valence-corrected chi connectivity index (χ2v) is 4.94. The zero-order chi connectivity index (χ0) is 12.8. The Kier molecular flexibility index (Phi) is 4.76. The molecule has 3 heteroatoms. The van der Waals surface area contributed by atoms with Crippen molar-refractivity contribution in [2.45, 2.75) is 38.6 Å². The predicted molar refractivity (Wildman–Crippen MR) is 74.6 cm³/mol. The molecule has 1 amide bonds. The third kappa shape index (κ3) is 3.57. The van der Waals surface area contributed by atoms with Crippen LogP contribution >= 0.6 is 0 Å². The van der Waals surface area contributed by atoms with E-state index in [2.05, 4.69) is 17.1 Å². The molecular weight excluding hydrogens is 224 g/mol. The molecule has 18 heavy (non-hydrogen) atoms. The van der Waals surface area contributed by atoms with Crippen molar-refractivity contribution in [1.29, 1.82) is 0 Å². The van der Waals surface area contributed by atoms with Gasteiger partial charge in [-0.15, -0.1) is 0 Å². The number of para-hydroxylation sites is 1. The lowest BCUT2D eigenvalue weighted by Gasteiger charge is -2.34. The molecule has 1 heterocycles. The van der Waals surface area contributed by atoms with E-state index >= 15 is 0 Å². The summed E-state index contributed by atoms with van der Waals surface area (Å²) in [6.07, 6.45) is 4.89. The topological polar surface area (TPSA) is 32.3 Å². The van der Waals surface area contributed by atoms with Crippen LogP contribution in [0.15, 0.2) is 30.3 Å². The molecule has 1 aromatic carbocycles. The summed E-state index contributed by atoms with van der Waals surface area (Å²) in [5.74, 6) is 0.0987. The summed E-state index contributed by atoms with van der Waals surface area (Å²) in [6, 6.07) is 10.3. The molecule has 1 aliphatic rings. The summed E-state index contributed by atoms with van der Waals surface area (Å²) in [5.41, 5.74) is 0.882. The van der Waals surface area contributed by atoms with E-state index < -0.39 is 0 Å². The zero-order valence-electron chi connectivity index (χ0n) is 11.1. The maximum atomic E-state index is 12.0. The minimum atomic E-state index is 0.0987. The lowest BCUT2D eigenvalue weighted by Crippen LogP contribution is -2.43. The number of carbonyl (C=O) groups excluding carboxylic acids is 1. The average Bonchev–Trinajstić information content (AvgIpc) is 2.40. The van der Waals surface area contributed by atoms with Crippen LogP contribution in [0.1, 0.15) is 32.6 Å². The van der Waals surface area contributed by atoms with Crippen LogP contribution in [0.3, 0.4) is 0 Å². The number of likely N-dealkylation sites (tertiary alicyclic amines) is 1. The van der Waals surface area contributed by atoms with Crippen LogP contribution < -0.4 is 5.32 Å². The Morgan fingerprint density at radius 2 is 2.11 bits per heavy atom. The van der Waals surface area contributed by atoms with Crippen LogP contribution in [0.25, 0.3) is 0 Å². The fraction of sp³-hybridized carbons (Fsp3) is 0.533. The molecule has 3 nitrogen and oxygen atoms in total. The summed E-state index contributed by atoms with van der Waals surface area (Å²) in [6.45, 7) is 3.78. The number of anilines is 1. The van der Waals surface area contributed by atoms with Gasteiger partial charge in [-0.3, -0.25) is 9.69 Å². The molecule has 0 aliphatic carbocycles. The second kappa shape index (κ2) is 6.55. The fourth-order valence-electron chi connectivity index (χ4n) is 2.64. The van der Waals surface area contributed by atoms with Crippen LogP contribution in [-0.2, 0) is 4.79 Å². The second-order valence-electron chi connectivity index (χ2n) is 4.94. The molecule has 0 radical (unpaired) electrons. The molecule has 1 aliphatic heterocycles. The maximum Gasteiger partial charge on any atom is 0.238 e. The first-order valence-electron chi connectivity index (χ1n) is 6.88. The number of benzene rings is 1. The number of piperidine rings is 1. The Balaban J connectivity index is 1.86. The lowest BCUT2D eigenvalue weighted by molar-refractivity contribution is -0.118. The zero-order valence-corrected chi connectivity index (χ0v) is 11.1. The van der Waals surface area contributed by atoms with Gasteiger partial charge >= 0.3 is 0 Å². The largest absolute Gasteiger partial charge is 0.325 e. The van der Waals surface area contributed by atoms with Gasteiger partial charge in [0, 0.05) is 11.7 Å². The number of hydrogen-bond donors (Lipinski definition) is 1. The standard InChI is InChI=1S/C15H22N2O/c1-2-14-10-6-7-11-17(14)12-15(18)16-13-8-4-3-5-9-13/h3-5,8-9,14H,2,6-7,10-12H2,1H3,(H,16,18). The van der Waals surface area contributed by atoms with Crippen LogP contribution in [-0.4, -0.2) is 29.9 Å². The molecule has 1 aromatic rings. The van der Waals surface area contributed by atoms with Crippen LogP contribution in [0.5, 0.6) is 0 Å². The van der Waals surface area contributed by atoms with Crippen molar-refractivity contribution in [3.63, 3.8) is 0 Å². The van der Waals surface area contributed by atoms with Gasteiger partial charge in [0.15, 0.2) is 0 Å². The molecule has 0 aromatic heterocycles. The van der Waals surface area contributed by atoms with Gasteiger partial charge in [0.25, 0.3) is 0 Å². The highest BCUT2D eigenvalue weighted by molar-refractivity contribution is 5.92. The molecule has 2 rings (SSSR count). The average molecular weight is 246 g/mol. The van der Waals surface area contributed by atoms with Gasteiger partial charge in [0.1, 0.15) is 0 Å². The first kappa shape index (κ1) is 13.1. The van der Waals surface area contributed by atoms with E-state index in [1.807, 2.05) is 30.3 Å². The van der Waals surface area contributed by atoms with Crippen molar-refractivity contribution in [1.82, 2.24) is 4.90 Å². The highest BCUT2D eigenvalue weighted by Crippen LogP contribution is 2.19. The quantitative estimate of drug-likeness (QED) is 0.886.